The minimum atomic E-state index is -0.557. The number of ether oxygens (including phenoxy) is 2. The van der Waals surface area contributed by atoms with E-state index in [0.717, 1.165) is 0 Å². The van der Waals surface area contributed by atoms with Gasteiger partial charge in [-0.2, -0.15) is 0 Å². The second kappa shape index (κ2) is 9.21. The van der Waals surface area contributed by atoms with Crippen LogP contribution < -0.4 is 14.8 Å². The van der Waals surface area contributed by atoms with Crippen LogP contribution in [-0.2, 0) is 4.79 Å². The monoisotopic (exact) mass is 384 g/mol. The van der Waals surface area contributed by atoms with Crippen LogP contribution in [0.1, 0.15) is 43.6 Å². The molecule has 148 valence electrons. The van der Waals surface area contributed by atoms with Crippen LogP contribution in [0.15, 0.2) is 42.5 Å². The molecule has 0 aromatic heterocycles. The van der Waals surface area contributed by atoms with Gasteiger partial charge in [0.25, 0.3) is 5.91 Å². The SMILES string of the molecule is COc1ccc(NC(=O)COc2ccc(C3CCCCC3)cc2)cc1[N+](=O)[O-]. The second-order valence-electron chi connectivity index (χ2n) is 6.88. The Hall–Kier alpha value is -3.09. The Labute approximate surface area is 163 Å². The highest BCUT2D eigenvalue weighted by Gasteiger charge is 2.17. The Morgan fingerprint density at radius 2 is 1.86 bits per heavy atom. The van der Waals surface area contributed by atoms with Gasteiger partial charge in [-0.05, 0) is 48.6 Å². The number of hydrogen-bond acceptors (Lipinski definition) is 5. The summed E-state index contributed by atoms with van der Waals surface area (Å²) >= 11 is 0. The molecular weight excluding hydrogens is 360 g/mol. The van der Waals surface area contributed by atoms with Crippen LogP contribution in [0.2, 0.25) is 0 Å². The normalized spacial score (nSPS) is 14.3. The van der Waals surface area contributed by atoms with Crippen LogP contribution >= 0.6 is 0 Å². The summed E-state index contributed by atoms with van der Waals surface area (Å²) in [4.78, 5) is 22.6. The van der Waals surface area contributed by atoms with Crippen LogP contribution in [-0.4, -0.2) is 24.5 Å². The van der Waals surface area contributed by atoms with E-state index in [9.17, 15) is 14.9 Å². The van der Waals surface area contributed by atoms with E-state index in [0.29, 0.717) is 17.4 Å². The first kappa shape index (κ1) is 19.7. The fourth-order valence-corrected chi connectivity index (χ4v) is 3.53. The van der Waals surface area contributed by atoms with Crippen LogP contribution in [0, 0.1) is 10.1 Å². The van der Waals surface area contributed by atoms with Gasteiger partial charge in [0.05, 0.1) is 12.0 Å². The van der Waals surface area contributed by atoms with E-state index in [1.165, 1.54) is 56.9 Å². The molecule has 1 aliphatic rings. The minimum Gasteiger partial charge on any atom is -0.490 e. The lowest BCUT2D eigenvalue weighted by molar-refractivity contribution is -0.385. The van der Waals surface area contributed by atoms with Crippen LogP contribution in [0.5, 0.6) is 11.5 Å². The van der Waals surface area contributed by atoms with Gasteiger partial charge in [-0.1, -0.05) is 31.4 Å². The number of hydrogen-bond donors (Lipinski definition) is 1. The number of rotatable bonds is 7. The highest BCUT2D eigenvalue weighted by Crippen LogP contribution is 2.33. The number of nitrogens with zero attached hydrogens (tertiary/aromatic N) is 1. The molecule has 0 aliphatic heterocycles. The molecule has 0 spiro atoms. The van der Waals surface area contributed by atoms with Crippen molar-refractivity contribution in [1.82, 2.24) is 0 Å². The zero-order chi connectivity index (χ0) is 19.9. The van der Waals surface area contributed by atoms with Gasteiger partial charge in [0.15, 0.2) is 12.4 Å². The van der Waals surface area contributed by atoms with Crippen molar-refractivity contribution in [2.45, 2.75) is 38.0 Å². The van der Waals surface area contributed by atoms with Gasteiger partial charge in [0, 0.05) is 11.8 Å². The molecule has 7 heteroatoms. The fraction of sp³-hybridized carbons (Fsp3) is 0.381. The van der Waals surface area contributed by atoms with E-state index in [-0.39, 0.29) is 18.0 Å². The number of carbonyl (C=O) groups excluding carboxylic acids is 1. The maximum Gasteiger partial charge on any atom is 0.312 e. The third kappa shape index (κ3) is 5.00. The molecule has 2 aromatic carbocycles. The van der Waals surface area contributed by atoms with Gasteiger partial charge >= 0.3 is 5.69 Å². The van der Waals surface area contributed by atoms with Crippen molar-refractivity contribution in [1.29, 1.82) is 0 Å². The predicted molar refractivity (Wildman–Crippen MR) is 106 cm³/mol. The highest BCUT2D eigenvalue weighted by atomic mass is 16.6. The first-order valence-corrected chi connectivity index (χ1v) is 9.42. The number of nitrogens with one attached hydrogen (secondary N) is 1. The van der Waals surface area contributed by atoms with Crippen molar-refractivity contribution in [2.24, 2.45) is 0 Å². The van der Waals surface area contributed by atoms with Gasteiger partial charge in [0.2, 0.25) is 0 Å². The van der Waals surface area contributed by atoms with Crippen LogP contribution in [0.25, 0.3) is 0 Å². The number of nitro benzene ring substituents is 1. The first-order valence-electron chi connectivity index (χ1n) is 9.42. The fourth-order valence-electron chi connectivity index (χ4n) is 3.53. The van der Waals surface area contributed by atoms with E-state index >= 15 is 0 Å². The summed E-state index contributed by atoms with van der Waals surface area (Å²) in [6.07, 6.45) is 6.36. The summed E-state index contributed by atoms with van der Waals surface area (Å²) < 4.78 is 10.5. The third-order valence-corrected chi connectivity index (χ3v) is 4.99. The topological polar surface area (TPSA) is 90.7 Å². The van der Waals surface area contributed by atoms with Crippen molar-refractivity contribution in [3.63, 3.8) is 0 Å². The number of nitro groups is 1. The summed E-state index contributed by atoms with van der Waals surface area (Å²) in [7, 11) is 1.36. The molecule has 0 unspecified atom stereocenters. The average molecular weight is 384 g/mol. The van der Waals surface area contributed by atoms with Crippen LogP contribution in [0.3, 0.4) is 0 Å². The summed E-state index contributed by atoms with van der Waals surface area (Å²) in [5.74, 6) is 0.987. The van der Waals surface area contributed by atoms with Gasteiger partial charge < -0.3 is 14.8 Å². The first-order chi connectivity index (χ1) is 13.6. The van der Waals surface area contributed by atoms with Crippen molar-refractivity contribution >= 4 is 17.3 Å². The Kier molecular flexibility index (Phi) is 6.47. The molecule has 0 radical (unpaired) electrons. The van der Waals surface area contributed by atoms with E-state index in [4.69, 9.17) is 9.47 Å². The average Bonchev–Trinajstić information content (AvgIpc) is 2.73. The summed E-state index contributed by atoms with van der Waals surface area (Å²) in [5.41, 5.74) is 1.43. The Morgan fingerprint density at radius 3 is 2.50 bits per heavy atom. The molecule has 1 amide bonds. The quantitative estimate of drug-likeness (QED) is 0.553. The molecule has 0 heterocycles. The molecule has 2 aromatic rings. The zero-order valence-corrected chi connectivity index (χ0v) is 15.8. The number of carbonyl (C=O) groups is 1. The third-order valence-electron chi connectivity index (χ3n) is 4.99. The van der Waals surface area contributed by atoms with Crippen molar-refractivity contribution in [2.75, 3.05) is 19.0 Å². The molecule has 0 bridgehead atoms. The molecule has 1 fully saturated rings. The van der Waals surface area contributed by atoms with Gasteiger partial charge in [0.1, 0.15) is 5.75 Å². The largest absolute Gasteiger partial charge is 0.490 e. The van der Waals surface area contributed by atoms with Crippen molar-refractivity contribution in [3.8, 4) is 11.5 Å². The van der Waals surface area contributed by atoms with Gasteiger partial charge in [-0.3, -0.25) is 14.9 Å². The van der Waals surface area contributed by atoms with Gasteiger partial charge in [-0.15, -0.1) is 0 Å². The lowest BCUT2D eigenvalue weighted by Crippen LogP contribution is -2.20. The molecule has 1 N–H and O–H groups in total. The maximum absolute atomic E-state index is 12.1. The molecule has 1 saturated carbocycles. The lowest BCUT2D eigenvalue weighted by atomic mass is 9.84. The second-order valence-corrected chi connectivity index (χ2v) is 6.88. The summed E-state index contributed by atoms with van der Waals surface area (Å²) in [6.45, 7) is -0.178. The smallest absolute Gasteiger partial charge is 0.312 e. The number of anilines is 1. The molecular formula is C21H24N2O5. The number of methoxy groups -OCH3 is 1. The molecule has 0 saturated heterocycles. The van der Waals surface area contributed by atoms with Crippen LogP contribution in [0.4, 0.5) is 11.4 Å². The van der Waals surface area contributed by atoms with E-state index in [1.54, 1.807) is 6.07 Å². The Bertz CT molecular complexity index is 829. The van der Waals surface area contributed by atoms with Crippen molar-refractivity contribution in [3.05, 3.63) is 58.1 Å². The Morgan fingerprint density at radius 1 is 1.14 bits per heavy atom. The maximum atomic E-state index is 12.1. The summed E-state index contributed by atoms with van der Waals surface area (Å²) in [5, 5.41) is 13.7. The Balaban J connectivity index is 1.54. The van der Waals surface area contributed by atoms with E-state index in [1.807, 2.05) is 12.1 Å². The standard InChI is InChI=1S/C21H24N2O5/c1-27-20-12-9-17(13-19(20)23(25)26)22-21(24)14-28-18-10-7-16(8-11-18)15-5-3-2-4-6-15/h7-13,15H,2-6,14H2,1H3,(H,22,24). The highest BCUT2D eigenvalue weighted by molar-refractivity contribution is 5.92. The predicted octanol–water partition coefficient (Wildman–Crippen LogP) is 4.67. The van der Waals surface area contributed by atoms with Gasteiger partial charge in [-0.25, -0.2) is 0 Å². The van der Waals surface area contributed by atoms with Crippen molar-refractivity contribution < 1.29 is 19.2 Å². The molecule has 28 heavy (non-hydrogen) atoms. The lowest BCUT2D eigenvalue weighted by Gasteiger charge is -2.22. The zero-order valence-electron chi connectivity index (χ0n) is 15.8. The number of benzene rings is 2. The summed E-state index contributed by atoms with van der Waals surface area (Å²) in [6, 6.07) is 12.1. The number of amides is 1. The van der Waals surface area contributed by atoms with E-state index in [2.05, 4.69) is 17.4 Å². The van der Waals surface area contributed by atoms with E-state index < -0.39 is 10.8 Å². The molecule has 0 atom stereocenters. The minimum absolute atomic E-state index is 0.136. The molecule has 3 rings (SSSR count). The molecule has 1 aliphatic carbocycles. The molecule has 7 nitrogen and oxygen atoms in total.